The number of nitriles is 1. The first-order valence-corrected chi connectivity index (χ1v) is 10.7. The van der Waals surface area contributed by atoms with E-state index in [4.69, 9.17) is 5.26 Å². The highest BCUT2D eigenvalue weighted by molar-refractivity contribution is 7.89. The minimum absolute atomic E-state index is 0.0923. The van der Waals surface area contributed by atoms with Gasteiger partial charge in [0.25, 0.3) is 5.91 Å². The van der Waals surface area contributed by atoms with Crippen molar-refractivity contribution in [3.8, 4) is 6.07 Å². The van der Waals surface area contributed by atoms with Crippen molar-refractivity contribution in [2.24, 2.45) is 0 Å². The molecule has 0 bridgehead atoms. The quantitative estimate of drug-likeness (QED) is 0.671. The van der Waals surface area contributed by atoms with Crippen LogP contribution >= 0.6 is 0 Å². The summed E-state index contributed by atoms with van der Waals surface area (Å²) in [6.07, 6.45) is 0. The molecule has 0 unspecified atom stereocenters. The second-order valence-corrected chi connectivity index (χ2v) is 8.80. The molecule has 1 aliphatic heterocycles. The number of benzene rings is 3. The smallest absolute Gasteiger partial charge is 0.254 e. The maximum absolute atomic E-state index is 13.0. The molecule has 0 radical (unpaired) electrons. The number of nitrogens with zero attached hydrogens (tertiary/aromatic N) is 3. The summed E-state index contributed by atoms with van der Waals surface area (Å²) in [7, 11) is -3.70. The number of hydrogen-bond acceptors (Lipinski definition) is 4. The van der Waals surface area contributed by atoms with Crippen molar-refractivity contribution in [2.75, 3.05) is 26.2 Å². The molecule has 146 valence electrons. The molecule has 3 aromatic rings. The number of piperazine rings is 1. The average molecular weight is 405 g/mol. The van der Waals surface area contributed by atoms with Crippen LogP contribution in [0.2, 0.25) is 0 Å². The van der Waals surface area contributed by atoms with Gasteiger partial charge in [-0.15, -0.1) is 0 Å². The maximum atomic E-state index is 13.0. The first-order chi connectivity index (χ1) is 14.0. The van der Waals surface area contributed by atoms with E-state index in [2.05, 4.69) is 0 Å². The van der Waals surface area contributed by atoms with E-state index in [0.29, 0.717) is 24.2 Å². The maximum Gasteiger partial charge on any atom is 0.254 e. The van der Waals surface area contributed by atoms with Crippen molar-refractivity contribution < 1.29 is 13.2 Å². The van der Waals surface area contributed by atoms with E-state index in [1.54, 1.807) is 23.1 Å². The molecule has 1 amide bonds. The Labute approximate surface area is 169 Å². The molecule has 1 fully saturated rings. The molecule has 3 aromatic carbocycles. The third-order valence-electron chi connectivity index (χ3n) is 5.15. The van der Waals surface area contributed by atoms with Gasteiger partial charge in [-0.3, -0.25) is 4.79 Å². The molecule has 0 aliphatic carbocycles. The molecule has 1 aliphatic rings. The first kappa shape index (κ1) is 19.1. The van der Waals surface area contributed by atoms with Gasteiger partial charge in [0, 0.05) is 31.7 Å². The Bertz CT molecular complexity index is 1220. The van der Waals surface area contributed by atoms with Crippen molar-refractivity contribution in [1.29, 1.82) is 5.26 Å². The number of carbonyl (C=O) groups is 1. The number of fused-ring (bicyclic) bond motifs is 1. The summed E-state index contributed by atoms with van der Waals surface area (Å²) in [4.78, 5) is 14.8. The van der Waals surface area contributed by atoms with Gasteiger partial charge >= 0.3 is 0 Å². The predicted octanol–water partition coefficient (Wildman–Crippen LogP) is 2.86. The van der Waals surface area contributed by atoms with Gasteiger partial charge in [0.05, 0.1) is 16.5 Å². The minimum Gasteiger partial charge on any atom is -0.336 e. The van der Waals surface area contributed by atoms with E-state index in [1.807, 2.05) is 42.5 Å². The lowest BCUT2D eigenvalue weighted by atomic mass is 10.0. The monoisotopic (exact) mass is 405 g/mol. The number of hydrogen-bond donors (Lipinski definition) is 0. The van der Waals surface area contributed by atoms with Crippen molar-refractivity contribution in [3.63, 3.8) is 0 Å². The SMILES string of the molecule is N#Cc1cccc(S(=O)(=O)N2CCN(C(=O)c3cccc4ccccc34)CC2)c1. The van der Waals surface area contributed by atoms with Crippen LogP contribution in [-0.2, 0) is 10.0 Å². The Balaban J connectivity index is 1.52. The highest BCUT2D eigenvalue weighted by Crippen LogP contribution is 2.22. The van der Waals surface area contributed by atoms with Crippen LogP contribution in [0, 0.1) is 11.3 Å². The van der Waals surface area contributed by atoms with Crippen LogP contribution in [0.1, 0.15) is 15.9 Å². The Morgan fingerprint density at radius 1 is 0.897 bits per heavy atom. The van der Waals surface area contributed by atoms with Crippen molar-refractivity contribution >= 4 is 26.7 Å². The Morgan fingerprint density at radius 3 is 2.34 bits per heavy atom. The van der Waals surface area contributed by atoms with Crippen LogP contribution in [-0.4, -0.2) is 49.7 Å². The zero-order valence-electron chi connectivity index (χ0n) is 15.7. The molecular formula is C22H19N3O3S. The van der Waals surface area contributed by atoms with Gasteiger partial charge in [0.15, 0.2) is 0 Å². The van der Waals surface area contributed by atoms with Crippen LogP contribution in [0.4, 0.5) is 0 Å². The predicted molar refractivity (Wildman–Crippen MR) is 110 cm³/mol. The zero-order chi connectivity index (χ0) is 20.4. The van der Waals surface area contributed by atoms with Crippen molar-refractivity contribution in [1.82, 2.24) is 9.21 Å². The zero-order valence-corrected chi connectivity index (χ0v) is 16.5. The molecular weight excluding hydrogens is 386 g/mol. The van der Waals surface area contributed by atoms with Crippen LogP contribution < -0.4 is 0 Å². The second kappa shape index (κ2) is 7.66. The summed E-state index contributed by atoms with van der Waals surface area (Å²) in [5, 5.41) is 10.9. The lowest BCUT2D eigenvalue weighted by molar-refractivity contribution is 0.0700. The van der Waals surface area contributed by atoms with Gasteiger partial charge < -0.3 is 4.90 Å². The topological polar surface area (TPSA) is 81.5 Å². The van der Waals surface area contributed by atoms with E-state index in [-0.39, 0.29) is 23.9 Å². The largest absolute Gasteiger partial charge is 0.336 e. The third kappa shape index (κ3) is 3.60. The van der Waals surface area contributed by atoms with Crippen molar-refractivity contribution in [2.45, 2.75) is 4.90 Å². The van der Waals surface area contributed by atoms with Crippen LogP contribution in [0.3, 0.4) is 0 Å². The van der Waals surface area contributed by atoms with Gasteiger partial charge in [-0.05, 0) is 35.0 Å². The van der Waals surface area contributed by atoms with Gasteiger partial charge in [0.2, 0.25) is 10.0 Å². The van der Waals surface area contributed by atoms with E-state index >= 15 is 0 Å². The van der Waals surface area contributed by atoms with Gasteiger partial charge in [-0.25, -0.2) is 8.42 Å². The van der Waals surface area contributed by atoms with Gasteiger partial charge in [0.1, 0.15) is 0 Å². The summed E-state index contributed by atoms with van der Waals surface area (Å²) >= 11 is 0. The fourth-order valence-corrected chi connectivity index (χ4v) is 5.06. The van der Waals surface area contributed by atoms with Gasteiger partial charge in [-0.1, -0.05) is 42.5 Å². The Morgan fingerprint density at radius 2 is 1.59 bits per heavy atom. The molecule has 29 heavy (non-hydrogen) atoms. The van der Waals surface area contributed by atoms with E-state index in [9.17, 15) is 13.2 Å². The number of sulfonamides is 1. The lowest BCUT2D eigenvalue weighted by Crippen LogP contribution is -2.50. The molecule has 1 heterocycles. The Kier molecular flexibility index (Phi) is 5.05. The van der Waals surface area contributed by atoms with Crippen molar-refractivity contribution in [3.05, 3.63) is 77.9 Å². The molecule has 7 heteroatoms. The molecule has 0 saturated carbocycles. The van der Waals surface area contributed by atoms with Crippen LogP contribution in [0.5, 0.6) is 0 Å². The summed E-state index contributed by atoms with van der Waals surface area (Å²) in [5.41, 5.74) is 0.928. The lowest BCUT2D eigenvalue weighted by Gasteiger charge is -2.34. The Hall–Kier alpha value is -3.21. The summed E-state index contributed by atoms with van der Waals surface area (Å²) in [6.45, 7) is 1.07. The molecule has 0 spiro atoms. The highest BCUT2D eigenvalue weighted by Gasteiger charge is 2.31. The molecule has 0 N–H and O–H groups in total. The average Bonchev–Trinajstić information content (AvgIpc) is 2.78. The van der Waals surface area contributed by atoms with Gasteiger partial charge in [-0.2, -0.15) is 9.57 Å². The molecule has 4 rings (SSSR count). The minimum atomic E-state index is -3.70. The fraction of sp³-hybridized carbons (Fsp3) is 0.182. The number of carbonyl (C=O) groups excluding carboxylic acids is 1. The number of rotatable bonds is 3. The number of amides is 1. The standard InChI is InChI=1S/C22H19N3O3S/c23-16-17-5-3-8-19(15-17)29(27,28)25-13-11-24(12-14-25)22(26)21-10-4-7-18-6-1-2-9-20(18)21/h1-10,15H,11-14H2. The van der Waals surface area contributed by atoms with Crippen LogP contribution in [0.25, 0.3) is 10.8 Å². The second-order valence-electron chi connectivity index (χ2n) is 6.86. The highest BCUT2D eigenvalue weighted by atomic mass is 32.2. The van der Waals surface area contributed by atoms with Crippen LogP contribution in [0.15, 0.2) is 71.6 Å². The van der Waals surface area contributed by atoms with E-state index in [1.165, 1.54) is 16.4 Å². The third-order valence-corrected chi connectivity index (χ3v) is 7.04. The van der Waals surface area contributed by atoms with E-state index in [0.717, 1.165) is 10.8 Å². The van der Waals surface area contributed by atoms with E-state index < -0.39 is 10.0 Å². The molecule has 1 saturated heterocycles. The fourth-order valence-electron chi connectivity index (χ4n) is 3.59. The first-order valence-electron chi connectivity index (χ1n) is 9.28. The molecule has 0 atom stereocenters. The summed E-state index contributed by atoms with van der Waals surface area (Å²) < 4.78 is 27.2. The normalized spacial score (nSPS) is 15.2. The molecule has 6 nitrogen and oxygen atoms in total. The molecule has 0 aromatic heterocycles. The summed E-state index contributed by atoms with van der Waals surface area (Å²) in [6, 6.07) is 21.3. The summed E-state index contributed by atoms with van der Waals surface area (Å²) in [5.74, 6) is -0.0923.